The van der Waals surface area contributed by atoms with Crippen LogP contribution in [-0.4, -0.2) is 56.3 Å². The maximum atomic E-state index is 12.4. The van der Waals surface area contributed by atoms with Crippen molar-refractivity contribution in [1.82, 2.24) is 5.32 Å². The van der Waals surface area contributed by atoms with E-state index in [1.54, 1.807) is 7.05 Å². The highest BCUT2D eigenvalue weighted by atomic mass is 31.2. The molecule has 2 atom stereocenters. The van der Waals surface area contributed by atoms with Gasteiger partial charge in [-0.05, 0) is 45.6 Å². The Balaban J connectivity index is 4.21. The number of allylic oxidation sites excluding steroid dienone is 2. The molecule has 10 heteroatoms. The lowest BCUT2D eigenvalue weighted by atomic mass is 10.1. The molecule has 0 rings (SSSR count). The number of phosphoric acid groups is 1. The first-order valence-corrected chi connectivity index (χ1v) is 21.1. The van der Waals surface area contributed by atoms with Gasteiger partial charge in [-0.15, -0.1) is 0 Å². The Morgan fingerprint density at radius 3 is 1.40 bits per heavy atom. The molecule has 0 aromatic rings. The van der Waals surface area contributed by atoms with Gasteiger partial charge in [0.2, 0.25) is 0 Å². The van der Waals surface area contributed by atoms with Crippen LogP contribution >= 0.6 is 7.82 Å². The fraction of sp³-hybridized carbons (Fsp3) is 0.895. The molecule has 0 amide bonds. The third kappa shape index (κ3) is 34.6. The highest BCUT2D eigenvalue weighted by molar-refractivity contribution is 7.47. The Morgan fingerprint density at radius 1 is 0.625 bits per heavy atom. The number of nitrogens with one attached hydrogen (secondary N) is 1. The van der Waals surface area contributed by atoms with Crippen LogP contribution in [0, 0.1) is 0 Å². The number of carbonyl (C=O) groups is 2. The molecule has 0 aromatic heterocycles. The van der Waals surface area contributed by atoms with Crippen molar-refractivity contribution in [2.24, 2.45) is 0 Å². The summed E-state index contributed by atoms with van der Waals surface area (Å²) in [6.07, 6.45) is 32.4. The third-order valence-corrected chi connectivity index (χ3v) is 9.45. The minimum absolute atomic E-state index is 0.0368. The maximum absolute atomic E-state index is 12.4. The molecule has 0 bridgehead atoms. The van der Waals surface area contributed by atoms with Crippen molar-refractivity contribution < 1.29 is 37.6 Å². The topological polar surface area (TPSA) is 120 Å². The van der Waals surface area contributed by atoms with E-state index in [-0.39, 0.29) is 32.7 Å². The Hall–Kier alpha value is -1.25. The Morgan fingerprint density at radius 2 is 1.00 bits per heavy atom. The quantitative estimate of drug-likeness (QED) is 0.0282. The molecule has 0 saturated carbocycles. The van der Waals surface area contributed by atoms with Crippen LogP contribution in [0.5, 0.6) is 0 Å². The molecule has 1 unspecified atom stereocenters. The van der Waals surface area contributed by atoms with Crippen LogP contribution in [0.2, 0.25) is 0 Å². The average molecular weight is 704 g/mol. The molecule has 0 aliphatic heterocycles. The van der Waals surface area contributed by atoms with E-state index in [4.69, 9.17) is 18.5 Å². The monoisotopic (exact) mass is 704 g/mol. The van der Waals surface area contributed by atoms with Gasteiger partial charge in [-0.25, -0.2) is 4.57 Å². The summed E-state index contributed by atoms with van der Waals surface area (Å²) in [4.78, 5) is 34.8. The fourth-order valence-corrected chi connectivity index (χ4v) is 6.26. The minimum Gasteiger partial charge on any atom is -0.463 e. The van der Waals surface area contributed by atoms with Gasteiger partial charge in [0.25, 0.3) is 0 Å². The number of rotatable bonds is 37. The average Bonchev–Trinajstić information content (AvgIpc) is 3.06. The highest BCUT2D eigenvalue weighted by Gasteiger charge is 2.28. The summed E-state index contributed by atoms with van der Waals surface area (Å²) in [6.45, 7) is 4.21. The summed E-state index contributed by atoms with van der Waals surface area (Å²) < 4.78 is 33.3. The van der Waals surface area contributed by atoms with E-state index in [1.807, 2.05) is 0 Å². The van der Waals surface area contributed by atoms with Gasteiger partial charge >= 0.3 is 19.8 Å². The zero-order valence-corrected chi connectivity index (χ0v) is 32.1. The summed E-state index contributed by atoms with van der Waals surface area (Å²) in [5.41, 5.74) is 0. The number of carbonyl (C=O) groups excluding carboxylic acids is 2. The number of phosphoric ester groups is 1. The maximum Gasteiger partial charge on any atom is 0.472 e. The lowest BCUT2D eigenvalue weighted by Gasteiger charge is -2.20. The lowest BCUT2D eigenvalue weighted by Crippen LogP contribution is -2.28. The Labute approximate surface area is 294 Å². The molecule has 0 aromatic carbocycles. The number of hydrogen-bond acceptors (Lipinski definition) is 8. The van der Waals surface area contributed by atoms with Crippen molar-refractivity contribution in [3.05, 3.63) is 12.2 Å². The van der Waals surface area contributed by atoms with E-state index in [9.17, 15) is 19.0 Å². The standard InChI is InChI=1S/C38H74NO8P/c1-4-6-8-10-12-14-16-17-18-19-21-23-25-27-29-31-38(41)45-35-36(47-48(42,43)46-33-32-39-3)34-44-37(40)30-28-26-24-22-20-15-13-11-9-7-5-2/h17-18,36,39H,4-16,19-35H2,1-3H3,(H,42,43)/b18-17-/t36-/m0/s1. The fourth-order valence-electron chi connectivity index (χ4n) is 5.38. The van der Waals surface area contributed by atoms with Crippen molar-refractivity contribution >= 4 is 19.8 Å². The van der Waals surface area contributed by atoms with Gasteiger partial charge in [0.15, 0.2) is 0 Å². The molecule has 0 fully saturated rings. The van der Waals surface area contributed by atoms with Crippen LogP contribution < -0.4 is 5.32 Å². The number of ether oxygens (including phenoxy) is 2. The van der Waals surface area contributed by atoms with Gasteiger partial charge in [0.05, 0.1) is 6.61 Å². The van der Waals surface area contributed by atoms with E-state index in [0.29, 0.717) is 6.54 Å². The smallest absolute Gasteiger partial charge is 0.463 e. The number of likely N-dealkylation sites (N-methyl/N-ethyl adjacent to an activating group) is 1. The van der Waals surface area contributed by atoms with Crippen molar-refractivity contribution in [3.8, 4) is 0 Å². The van der Waals surface area contributed by atoms with Crippen molar-refractivity contribution in [2.45, 2.75) is 187 Å². The molecule has 0 spiro atoms. The van der Waals surface area contributed by atoms with Crippen LogP contribution in [0.15, 0.2) is 12.2 Å². The van der Waals surface area contributed by atoms with Crippen LogP contribution in [0.25, 0.3) is 0 Å². The molecule has 9 nitrogen and oxygen atoms in total. The second kappa shape index (κ2) is 35.6. The minimum atomic E-state index is -4.43. The number of unbranched alkanes of at least 4 members (excludes halogenated alkanes) is 21. The molecule has 0 saturated heterocycles. The van der Waals surface area contributed by atoms with Gasteiger partial charge in [0.1, 0.15) is 19.3 Å². The van der Waals surface area contributed by atoms with Crippen LogP contribution in [0.3, 0.4) is 0 Å². The van der Waals surface area contributed by atoms with E-state index in [0.717, 1.165) is 57.8 Å². The lowest BCUT2D eigenvalue weighted by molar-refractivity contribution is -0.152. The first-order valence-electron chi connectivity index (χ1n) is 19.6. The summed E-state index contributed by atoms with van der Waals surface area (Å²) >= 11 is 0. The van der Waals surface area contributed by atoms with Gasteiger partial charge in [-0.1, -0.05) is 142 Å². The summed E-state index contributed by atoms with van der Waals surface area (Å²) in [5.74, 6) is -0.805. The van der Waals surface area contributed by atoms with E-state index in [2.05, 4.69) is 31.3 Å². The normalized spacial score (nSPS) is 13.5. The molecular weight excluding hydrogens is 629 g/mol. The van der Waals surface area contributed by atoms with Crippen molar-refractivity contribution in [3.63, 3.8) is 0 Å². The van der Waals surface area contributed by atoms with Gasteiger partial charge in [-0.3, -0.25) is 18.6 Å². The van der Waals surface area contributed by atoms with Crippen LogP contribution in [0.4, 0.5) is 0 Å². The van der Waals surface area contributed by atoms with Crippen molar-refractivity contribution in [2.75, 3.05) is 33.4 Å². The zero-order chi connectivity index (χ0) is 35.4. The third-order valence-electron chi connectivity index (χ3n) is 8.38. The predicted molar refractivity (Wildman–Crippen MR) is 197 cm³/mol. The molecule has 2 N–H and O–H groups in total. The molecular formula is C38H74NO8P. The molecule has 48 heavy (non-hydrogen) atoms. The van der Waals surface area contributed by atoms with Crippen LogP contribution in [0.1, 0.15) is 181 Å². The van der Waals surface area contributed by atoms with E-state index >= 15 is 0 Å². The second-order valence-electron chi connectivity index (χ2n) is 13.1. The number of esters is 2. The molecule has 0 aliphatic rings. The number of hydrogen-bond donors (Lipinski definition) is 2. The van der Waals surface area contributed by atoms with Crippen LogP contribution in [-0.2, 0) is 32.7 Å². The Kier molecular flexibility index (Phi) is 34.6. The summed E-state index contributed by atoms with van der Waals surface area (Å²) in [7, 11) is -2.73. The van der Waals surface area contributed by atoms with Gasteiger partial charge in [0, 0.05) is 19.4 Å². The molecule has 284 valence electrons. The summed E-state index contributed by atoms with van der Waals surface area (Å²) in [5, 5.41) is 2.82. The SMILES string of the molecule is CCCCCCCC/C=C\CCCCCCCC(=O)OC[C@H](COC(=O)CCCCCCCCCCCCC)OP(=O)(O)OCCNC. The Bertz CT molecular complexity index is 810. The van der Waals surface area contributed by atoms with Crippen molar-refractivity contribution in [1.29, 1.82) is 0 Å². The predicted octanol–water partition coefficient (Wildman–Crippen LogP) is 10.5. The zero-order valence-electron chi connectivity index (χ0n) is 31.2. The largest absolute Gasteiger partial charge is 0.472 e. The molecule has 0 heterocycles. The first-order chi connectivity index (χ1) is 23.3. The summed E-state index contributed by atoms with van der Waals surface area (Å²) in [6, 6.07) is 0. The molecule has 0 aliphatic carbocycles. The van der Waals surface area contributed by atoms with E-state index in [1.165, 1.54) is 96.3 Å². The molecule has 0 radical (unpaired) electrons. The first kappa shape index (κ1) is 46.8. The van der Waals surface area contributed by atoms with Gasteiger partial charge in [-0.2, -0.15) is 0 Å². The van der Waals surface area contributed by atoms with E-state index < -0.39 is 25.9 Å². The van der Waals surface area contributed by atoms with Gasteiger partial charge < -0.3 is 19.7 Å². The highest BCUT2D eigenvalue weighted by Crippen LogP contribution is 2.44. The second-order valence-corrected chi connectivity index (χ2v) is 14.5.